The first kappa shape index (κ1) is 47.1. The molecule has 0 radical (unpaired) electrons. The number of aliphatic carboxylic acids is 1. The van der Waals surface area contributed by atoms with Crippen LogP contribution in [0.25, 0.3) is 0 Å². The van der Waals surface area contributed by atoms with E-state index in [1.807, 2.05) is 0 Å². The van der Waals surface area contributed by atoms with Gasteiger partial charge in [0.2, 0.25) is 11.8 Å². The van der Waals surface area contributed by atoms with Gasteiger partial charge in [0, 0.05) is 29.3 Å². The van der Waals surface area contributed by atoms with Crippen molar-refractivity contribution in [1.29, 1.82) is 0 Å². The first-order valence-corrected chi connectivity index (χ1v) is 18.3. The minimum Gasteiger partial charge on any atom is -0.480 e. The van der Waals surface area contributed by atoms with E-state index in [0.29, 0.717) is 25.7 Å². The molecule has 0 spiro atoms. The number of ketones is 1. The van der Waals surface area contributed by atoms with Gasteiger partial charge in [0.15, 0.2) is 0 Å². The van der Waals surface area contributed by atoms with Crippen molar-refractivity contribution in [3.05, 3.63) is 104 Å². The Balaban J connectivity index is 0.000000443. The monoisotopic (exact) mass is 849 g/mol. The van der Waals surface area contributed by atoms with Crippen molar-refractivity contribution in [2.24, 2.45) is 5.92 Å². The second kappa shape index (κ2) is 21.3. The van der Waals surface area contributed by atoms with Crippen LogP contribution in [0, 0.1) is 5.92 Å². The summed E-state index contributed by atoms with van der Waals surface area (Å²) < 4.78 is 44.1. The van der Waals surface area contributed by atoms with E-state index in [-0.39, 0.29) is 25.7 Å². The van der Waals surface area contributed by atoms with Crippen LogP contribution in [0.4, 0.5) is 18.0 Å². The number of carbonyl (C=O) groups is 5. The quantitative estimate of drug-likeness (QED) is 0.127. The molecule has 0 saturated carbocycles. The van der Waals surface area contributed by atoms with Crippen molar-refractivity contribution < 1.29 is 47.0 Å². The van der Waals surface area contributed by atoms with Crippen LogP contribution in [0.2, 0.25) is 20.1 Å². The summed E-state index contributed by atoms with van der Waals surface area (Å²) >= 11 is 23.7. The standard InChI is InChI=1S/C24H24Cl3F3N2O3.C14H18ClNO4/c1-13(2)21(22(34)24(28,29)30)32-23(35)19(12-15-4-3-5-16(25)10-15)31-20(33)9-7-14-6-8-17(26)18(27)11-14;1-14(2,3)20-13(19)16-11(12(17)18)8-9-5-4-6-10(15)7-9/h3-6,8,10-11,13,19,21H,7,9,12H2,1-2H3,(H,31,33)(H,32,35);4-7,11H,8H2,1-3H3,(H,16,19)(H,17,18)/t19-,21-;11-/m00/s1. The van der Waals surface area contributed by atoms with Gasteiger partial charge in [-0.1, -0.05) is 90.6 Å². The largest absolute Gasteiger partial charge is 0.480 e. The van der Waals surface area contributed by atoms with Crippen molar-refractivity contribution >= 4 is 76.1 Å². The molecule has 55 heavy (non-hydrogen) atoms. The summed E-state index contributed by atoms with van der Waals surface area (Å²) in [6, 6.07) is 14.1. The highest BCUT2D eigenvalue weighted by molar-refractivity contribution is 6.42. The molecule has 300 valence electrons. The van der Waals surface area contributed by atoms with Gasteiger partial charge in [-0.2, -0.15) is 13.2 Å². The lowest BCUT2D eigenvalue weighted by molar-refractivity contribution is -0.175. The summed E-state index contributed by atoms with van der Waals surface area (Å²) in [7, 11) is 0. The molecule has 3 rings (SSSR count). The molecule has 3 amide bonds. The van der Waals surface area contributed by atoms with Crippen molar-refractivity contribution in [3.8, 4) is 0 Å². The molecule has 3 atom stereocenters. The molecule has 0 heterocycles. The molecule has 3 aromatic rings. The second-order valence-electron chi connectivity index (χ2n) is 13.7. The third-order valence-electron chi connectivity index (χ3n) is 7.45. The molecule has 0 fully saturated rings. The number of ether oxygens (including phenoxy) is 1. The molecule has 0 aliphatic heterocycles. The van der Waals surface area contributed by atoms with Gasteiger partial charge in [0.05, 0.1) is 16.1 Å². The highest BCUT2D eigenvalue weighted by atomic mass is 35.5. The number of alkyl halides is 3. The molecule has 4 N–H and O–H groups in total. The Hall–Kier alpha value is -4.04. The van der Waals surface area contributed by atoms with E-state index in [1.165, 1.54) is 13.8 Å². The number of hydrogen-bond acceptors (Lipinski definition) is 6. The molecule has 17 heteroatoms. The Bertz CT molecular complexity index is 1820. The number of carboxylic acid groups (broad SMARTS) is 1. The summed E-state index contributed by atoms with van der Waals surface area (Å²) in [5.41, 5.74) is 1.36. The number of halogens is 7. The second-order valence-corrected chi connectivity index (χ2v) is 15.4. The van der Waals surface area contributed by atoms with E-state index in [1.54, 1.807) is 87.5 Å². The molecular formula is C38H42Cl4F3N3O7. The lowest BCUT2D eigenvalue weighted by Crippen LogP contribution is -2.56. The summed E-state index contributed by atoms with van der Waals surface area (Å²) in [4.78, 5) is 60.2. The topological polar surface area (TPSA) is 151 Å². The van der Waals surface area contributed by atoms with Gasteiger partial charge in [-0.25, -0.2) is 9.59 Å². The number of benzene rings is 3. The molecule has 0 aliphatic rings. The predicted molar refractivity (Wildman–Crippen MR) is 206 cm³/mol. The van der Waals surface area contributed by atoms with Crippen LogP contribution in [0.1, 0.15) is 57.7 Å². The first-order chi connectivity index (χ1) is 25.4. The summed E-state index contributed by atoms with van der Waals surface area (Å²) in [6.07, 6.45) is -5.52. The molecule has 0 saturated heterocycles. The van der Waals surface area contributed by atoms with Crippen LogP contribution in [0.15, 0.2) is 66.7 Å². The molecule has 0 aromatic heterocycles. The number of nitrogens with one attached hydrogen (secondary N) is 3. The zero-order chi connectivity index (χ0) is 41.7. The SMILES string of the molecule is CC(C)(C)OC(=O)N[C@@H](Cc1cccc(Cl)c1)C(=O)O.CC(C)[C@H](NC(=O)[C@H](Cc1cccc(Cl)c1)NC(=O)CCc1ccc(Cl)c(Cl)c1)C(=O)C(F)(F)F. The number of carbonyl (C=O) groups excluding carboxylic acids is 4. The Kier molecular flexibility index (Phi) is 18.3. The van der Waals surface area contributed by atoms with Crippen LogP contribution in [-0.2, 0) is 43.2 Å². The molecule has 3 aromatic carbocycles. The number of rotatable bonds is 14. The Morgan fingerprint density at radius 3 is 1.73 bits per heavy atom. The zero-order valence-corrected chi connectivity index (χ0v) is 33.6. The molecule has 0 bridgehead atoms. The molecule has 10 nitrogen and oxygen atoms in total. The van der Waals surface area contributed by atoms with E-state index < -0.39 is 65.5 Å². The van der Waals surface area contributed by atoms with Crippen molar-refractivity contribution in [3.63, 3.8) is 0 Å². The van der Waals surface area contributed by atoms with Crippen LogP contribution < -0.4 is 16.0 Å². The fourth-order valence-electron chi connectivity index (χ4n) is 4.84. The van der Waals surface area contributed by atoms with E-state index in [0.717, 1.165) is 11.1 Å². The highest BCUT2D eigenvalue weighted by Gasteiger charge is 2.45. The van der Waals surface area contributed by atoms with E-state index in [9.17, 15) is 37.1 Å². The molecule has 0 aliphatic carbocycles. The van der Waals surface area contributed by atoms with Gasteiger partial charge in [0.25, 0.3) is 5.78 Å². The van der Waals surface area contributed by atoms with Crippen LogP contribution >= 0.6 is 46.4 Å². The number of carboxylic acids is 1. The number of Topliss-reactive ketones (excluding diaryl/α,β-unsaturated/α-hetero) is 1. The van der Waals surface area contributed by atoms with E-state index in [2.05, 4.69) is 16.0 Å². The maximum atomic E-state index is 13.0. The highest BCUT2D eigenvalue weighted by Crippen LogP contribution is 2.24. The van der Waals surface area contributed by atoms with Gasteiger partial charge in [0.1, 0.15) is 17.7 Å². The average molecular weight is 852 g/mol. The third-order valence-corrected chi connectivity index (χ3v) is 8.66. The van der Waals surface area contributed by atoms with Gasteiger partial charge >= 0.3 is 18.2 Å². The average Bonchev–Trinajstić information content (AvgIpc) is 3.05. The van der Waals surface area contributed by atoms with Gasteiger partial charge in [-0.15, -0.1) is 0 Å². The van der Waals surface area contributed by atoms with E-state index in [4.69, 9.17) is 56.2 Å². The Labute approximate surface area is 337 Å². The van der Waals surface area contributed by atoms with Gasteiger partial charge in [-0.05, 0) is 86.2 Å². The minimum atomic E-state index is -5.12. The number of amides is 3. The smallest absolute Gasteiger partial charge is 0.452 e. The van der Waals surface area contributed by atoms with Crippen molar-refractivity contribution in [2.45, 2.75) is 90.2 Å². The predicted octanol–water partition coefficient (Wildman–Crippen LogP) is 8.44. The number of hydrogen-bond donors (Lipinski definition) is 4. The summed E-state index contributed by atoms with van der Waals surface area (Å²) in [6.45, 7) is 7.89. The fourth-order valence-corrected chi connectivity index (χ4v) is 5.59. The minimum absolute atomic E-state index is 0.0215. The lowest BCUT2D eigenvalue weighted by Gasteiger charge is -2.26. The normalized spacial score (nSPS) is 13.0. The van der Waals surface area contributed by atoms with Crippen molar-refractivity contribution in [2.75, 3.05) is 0 Å². The van der Waals surface area contributed by atoms with Gasteiger partial charge < -0.3 is 25.8 Å². The van der Waals surface area contributed by atoms with E-state index >= 15 is 0 Å². The molecule has 0 unspecified atom stereocenters. The molecular weight excluding hydrogens is 809 g/mol. The first-order valence-electron chi connectivity index (χ1n) is 16.8. The number of alkyl carbamates (subject to hydrolysis) is 1. The fraction of sp³-hybridized carbons (Fsp3) is 0.395. The zero-order valence-electron chi connectivity index (χ0n) is 30.5. The van der Waals surface area contributed by atoms with Crippen LogP contribution in [-0.4, -0.2) is 64.7 Å². The maximum absolute atomic E-state index is 13.0. The number of aryl methyl sites for hydroxylation is 1. The van der Waals surface area contributed by atoms with Gasteiger partial charge in [-0.3, -0.25) is 14.4 Å². The Morgan fingerprint density at radius 2 is 1.27 bits per heavy atom. The lowest BCUT2D eigenvalue weighted by atomic mass is 9.98. The third kappa shape index (κ3) is 17.5. The van der Waals surface area contributed by atoms with Crippen molar-refractivity contribution in [1.82, 2.24) is 16.0 Å². The summed E-state index contributed by atoms with van der Waals surface area (Å²) in [5.74, 6) is -5.44. The maximum Gasteiger partial charge on any atom is 0.452 e. The van der Waals surface area contributed by atoms with Crippen LogP contribution in [0.3, 0.4) is 0 Å². The van der Waals surface area contributed by atoms with Crippen LogP contribution in [0.5, 0.6) is 0 Å². The summed E-state index contributed by atoms with van der Waals surface area (Å²) in [5, 5.41) is 17.8. The Morgan fingerprint density at radius 1 is 0.727 bits per heavy atom.